The van der Waals surface area contributed by atoms with Gasteiger partial charge in [0.2, 0.25) is 10.0 Å². The van der Waals surface area contributed by atoms with Gasteiger partial charge in [0.1, 0.15) is 17.1 Å². The number of aryl methyl sites for hydroxylation is 1. The summed E-state index contributed by atoms with van der Waals surface area (Å²) in [7, 11) is -1.82. The summed E-state index contributed by atoms with van der Waals surface area (Å²) in [6.45, 7) is 4.46. The number of hydrogen-bond acceptors (Lipinski definition) is 4. The van der Waals surface area contributed by atoms with Crippen LogP contribution in [-0.2, 0) is 16.6 Å². The van der Waals surface area contributed by atoms with Gasteiger partial charge >= 0.3 is 0 Å². The van der Waals surface area contributed by atoms with Crippen LogP contribution in [0.25, 0.3) is 23.2 Å². The molecular formula is C26H27N3O3S. The van der Waals surface area contributed by atoms with E-state index in [2.05, 4.69) is 15.4 Å². The Morgan fingerprint density at radius 1 is 1.03 bits per heavy atom. The van der Waals surface area contributed by atoms with Crippen molar-refractivity contribution >= 4 is 38.9 Å². The van der Waals surface area contributed by atoms with Crippen LogP contribution in [0.5, 0.6) is 5.75 Å². The molecule has 4 aromatic rings. The third-order valence-electron chi connectivity index (χ3n) is 5.60. The van der Waals surface area contributed by atoms with Gasteiger partial charge in [0.05, 0.1) is 24.6 Å². The molecule has 0 aliphatic rings. The minimum absolute atomic E-state index is 0.523. The van der Waals surface area contributed by atoms with Crippen LogP contribution in [0.3, 0.4) is 0 Å². The molecule has 0 spiro atoms. The van der Waals surface area contributed by atoms with Crippen LogP contribution in [0.15, 0.2) is 60.7 Å². The van der Waals surface area contributed by atoms with Crippen LogP contribution in [0.1, 0.15) is 28.1 Å². The zero-order valence-corrected chi connectivity index (χ0v) is 20.0. The number of anilines is 1. The van der Waals surface area contributed by atoms with E-state index < -0.39 is 10.0 Å². The van der Waals surface area contributed by atoms with Crippen molar-refractivity contribution in [2.75, 3.05) is 18.1 Å². The number of imidazole rings is 1. The van der Waals surface area contributed by atoms with Crippen molar-refractivity contribution in [3.05, 3.63) is 88.7 Å². The normalized spacial score (nSPS) is 11.9. The summed E-state index contributed by atoms with van der Waals surface area (Å²) < 4.78 is 34.3. The summed E-state index contributed by atoms with van der Waals surface area (Å²) >= 11 is 0. The fourth-order valence-electron chi connectivity index (χ4n) is 3.75. The Morgan fingerprint density at radius 3 is 2.36 bits per heavy atom. The fraction of sp³-hybridized carbons (Fsp3) is 0.192. The Balaban J connectivity index is 1.90. The number of methoxy groups -OCH3 is 1. The van der Waals surface area contributed by atoms with Crippen LogP contribution in [-0.4, -0.2) is 31.3 Å². The number of ether oxygens (including phenoxy) is 1. The lowest BCUT2D eigenvalue weighted by Gasteiger charge is -2.13. The van der Waals surface area contributed by atoms with Crippen molar-refractivity contribution in [2.24, 2.45) is 0 Å². The smallest absolute Gasteiger partial charge is 0.229 e. The van der Waals surface area contributed by atoms with Crippen molar-refractivity contribution in [1.29, 1.82) is 0 Å². The number of hydrogen-bond donors (Lipinski definition) is 1. The Morgan fingerprint density at radius 2 is 1.73 bits per heavy atom. The molecule has 4 rings (SSSR count). The zero-order chi connectivity index (χ0) is 23.6. The van der Waals surface area contributed by atoms with Crippen molar-refractivity contribution in [3.63, 3.8) is 0 Å². The molecule has 0 bridgehead atoms. The largest absolute Gasteiger partial charge is 0.497 e. The maximum Gasteiger partial charge on any atom is 0.229 e. The Labute approximate surface area is 194 Å². The van der Waals surface area contributed by atoms with E-state index in [9.17, 15) is 8.42 Å². The number of nitrogens with zero attached hydrogens (tertiary/aromatic N) is 2. The van der Waals surface area contributed by atoms with Gasteiger partial charge in [0.25, 0.3) is 0 Å². The molecule has 1 aromatic heterocycles. The maximum atomic E-state index is 12.1. The van der Waals surface area contributed by atoms with E-state index in [1.165, 1.54) is 0 Å². The standard InChI is InChI=1S/C26H27N3O3S/c1-18-16-23-26(25(19(18)2)28-33(4,30)31)27-24(15-12-20-8-6-5-7-9-20)29(23)17-21-10-13-22(32-3)14-11-21/h5-16,28H,17H2,1-4H3. The molecule has 0 radical (unpaired) electrons. The van der Waals surface area contributed by atoms with Gasteiger partial charge < -0.3 is 9.30 Å². The van der Waals surface area contributed by atoms with Gasteiger partial charge in [0.15, 0.2) is 0 Å². The molecule has 33 heavy (non-hydrogen) atoms. The molecule has 0 aliphatic heterocycles. The van der Waals surface area contributed by atoms with Crippen LogP contribution in [0.4, 0.5) is 5.69 Å². The first-order chi connectivity index (χ1) is 15.7. The highest BCUT2D eigenvalue weighted by Crippen LogP contribution is 2.32. The molecule has 1 heterocycles. The lowest BCUT2D eigenvalue weighted by molar-refractivity contribution is 0.414. The topological polar surface area (TPSA) is 73.2 Å². The van der Waals surface area contributed by atoms with E-state index in [4.69, 9.17) is 9.72 Å². The highest BCUT2D eigenvalue weighted by molar-refractivity contribution is 7.92. The first-order valence-electron chi connectivity index (χ1n) is 10.6. The van der Waals surface area contributed by atoms with Gasteiger partial charge in [-0.1, -0.05) is 48.5 Å². The summed E-state index contributed by atoms with van der Waals surface area (Å²) in [4.78, 5) is 4.87. The molecule has 0 atom stereocenters. The van der Waals surface area contributed by atoms with Gasteiger partial charge in [-0.25, -0.2) is 13.4 Å². The Kier molecular flexibility index (Phi) is 6.24. The molecule has 0 aliphatic carbocycles. The summed E-state index contributed by atoms with van der Waals surface area (Å²) in [5.41, 5.74) is 6.01. The maximum absolute atomic E-state index is 12.1. The van der Waals surface area contributed by atoms with Gasteiger partial charge in [-0.3, -0.25) is 4.72 Å². The van der Waals surface area contributed by atoms with Crippen molar-refractivity contribution < 1.29 is 13.2 Å². The molecule has 0 amide bonds. The summed E-state index contributed by atoms with van der Waals surface area (Å²) in [5.74, 6) is 1.54. The molecule has 1 N–H and O–H groups in total. The molecule has 3 aromatic carbocycles. The third kappa shape index (κ3) is 5.09. The first kappa shape index (κ1) is 22.6. The molecule has 0 unspecified atom stereocenters. The van der Waals surface area contributed by atoms with Crippen molar-refractivity contribution in [1.82, 2.24) is 9.55 Å². The molecule has 0 fully saturated rings. The minimum atomic E-state index is -3.46. The second-order valence-electron chi connectivity index (χ2n) is 8.08. The monoisotopic (exact) mass is 461 g/mol. The van der Waals surface area contributed by atoms with E-state index in [0.717, 1.165) is 45.6 Å². The van der Waals surface area contributed by atoms with E-state index in [-0.39, 0.29) is 0 Å². The Hall–Kier alpha value is -3.58. The fourth-order valence-corrected chi connectivity index (χ4v) is 4.37. The number of nitrogens with one attached hydrogen (secondary N) is 1. The lowest BCUT2D eigenvalue weighted by atomic mass is 10.1. The molecule has 7 heteroatoms. The second-order valence-corrected chi connectivity index (χ2v) is 9.83. The van der Waals surface area contributed by atoms with Crippen molar-refractivity contribution in [2.45, 2.75) is 20.4 Å². The molecular weight excluding hydrogens is 434 g/mol. The first-order valence-corrected chi connectivity index (χ1v) is 12.5. The van der Waals surface area contributed by atoms with E-state index in [1.54, 1.807) is 7.11 Å². The average Bonchev–Trinajstić information content (AvgIpc) is 3.13. The number of fused-ring (bicyclic) bond motifs is 1. The van der Waals surface area contributed by atoms with E-state index >= 15 is 0 Å². The second kappa shape index (κ2) is 9.11. The predicted octanol–water partition coefficient (Wildman–Crippen LogP) is 5.25. The molecule has 0 saturated carbocycles. The van der Waals surface area contributed by atoms with Crippen LogP contribution >= 0.6 is 0 Å². The van der Waals surface area contributed by atoms with Gasteiger partial charge in [0, 0.05) is 6.54 Å². The van der Waals surface area contributed by atoms with Crippen molar-refractivity contribution in [3.8, 4) is 5.75 Å². The Bertz CT molecular complexity index is 1420. The summed E-state index contributed by atoms with van der Waals surface area (Å²) in [6, 6.07) is 20.0. The van der Waals surface area contributed by atoms with Crippen LogP contribution < -0.4 is 9.46 Å². The molecule has 170 valence electrons. The number of benzene rings is 3. The van der Waals surface area contributed by atoms with Gasteiger partial charge in [-0.2, -0.15) is 0 Å². The van der Waals surface area contributed by atoms with E-state index in [0.29, 0.717) is 17.7 Å². The van der Waals surface area contributed by atoms with Crippen LogP contribution in [0.2, 0.25) is 0 Å². The molecule has 6 nitrogen and oxygen atoms in total. The minimum Gasteiger partial charge on any atom is -0.497 e. The predicted molar refractivity (Wildman–Crippen MR) is 135 cm³/mol. The number of sulfonamides is 1. The quantitative estimate of drug-likeness (QED) is 0.408. The molecule has 0 saturated heterocycles. The average molecular weight is 462 g/mol. The SMILES string of the molecule is COc1ccc(Cn2c(C=Cc3ccccc3)nc3c(NS(C)(=O)=O)c(C)c(C)cc32)cc1. The van der Waals surface area contributed by atoms with E-state index in [1.807, 2.05) is 80.6 Å². The summed E-state index contributed by atoms with van der Waals surface area (Å²) in [5, 5.41) is 0. The summed E-state index contributed by atoms with van der Waals surface area (Å²) in [6.07, 6.45) is 5.13. The lowest BCUT2D eigenvalue weighted by Crippen LogP contribution is -2.11. The zero-order valence-electron chi connectivity index (χ0n) is 19.2. The van der Waals surface area contributed by atoms with Crippen LogP contribution in [0, 0.1) is 13.8 Å². The number of rotatable bonds is 7. The third-order valence-corrected chi connectivity index (χ3v) is 6.18. The number of aromatic nitrogens is 2. The highest BCUT2D eigenvalue weighted by Gasteiger charge is 2.18. The highest BCUT2D eigenvalue weighted by atomic mass is 32.2. The van der Waals surface area contributed by atoms with Gasteiger partial charge in [-0.05, 0) is 60.4 Å². The van der Waals surface area contributed by atoms with Gasteiger partial charge in [-0.15, -0.1) is 0 Å².